The molecule has 1 aromatic heterocycles. The van der Waals surface area contributed by atoms with Crippen LogP contribution < -0.4 is 4.74 Å². The molecule has 178 valence electrons. The minimum Gasteiger partial charge on any atom is -0.493 e. The van der Waals surface area contributed by atoms with Crippen molar-refractivity contribution in [3.8, 4) is 17.0 Å². The lowest BCUT2D eigenvalue weighted by Gasteiger charge is -2.14. The molecule has 32 heavy (non-hydrogen) atoms. The van der Waals surface area contributed by atoms with E-state index in [0.29, 0.717) is 0 Å². The molecule has 0 radical (unpaired) electrons. The minimum absolute atomic E-state index is 0.764. The van der Waals surface area contributed by atoms with Crippen molar-refractivity contribution in [1.82, 2.24) is 9.97 Å². The number of unbranched alkanes of at least 4 members (excludes halogenated alkanes) is 9. The van der Waals surface area contributed by atoms with Gasteiger partial charge in [-0.05, 0) is 49.3 Å². The summed E-state index contributed by atoms with van der Waals surface area (Å²) in [5.74, 6) is 1.71. The summed E-state index contributed by atoms with van der Waals surface area (Å²) in [6, 6.07) is 8.34. The maximum absolute atomic E-state index is 6.19. The molecule has 0 saturated heterocycles. The van der Waals surface area contributed by atoms with E-state index in [4.69, 9.17) is 4.74 Å². The first-order valence-electron chi connectivity index (χ1n) is 13.3. The van der Waals surface area contributed by atoms with E-state index in [1.54, 1.807) is 6.33 Å². The molecule has 0 saturated carbocycles. The molecule has 1 unspecified atom stereocenters. The van der Waals surface area contributed by atoms with E-state index in [9.17, 15) is 0 Å². The third kappa shape index (κ3) is 10.1. The summed E-state index contributed by atoms with van der Waals surface area (Å²) in [6.07, 6.45) is 21.8. The van der Waals surface area contributed by atoms with Gasteiger partial charge < -0.3 is 4.74 Å². The summed E-state index contributed by atoms with van der Waals surface area (Å²) in [5.41, 5.74) is 3.37. The highest BCUT2D eigenvalue weighted by atomic mass is 16.5. The van der Waals surface area contributed by atoms with E-state index in [2.05, 4.69) is 55.0 Å². The standard InChI is InChI=1S/C29H46N2O/c1-4-6-7-8-9-10-11-12-13-14-19-26-23-30-24-31-29(26)27-20-15-16-21-28(27)32-22-17-18-25(3)5-2/h15-16,20-21,23-25H,4-14,17-19,22H2,1-3H3. The molecule has 0 fully saturated rings. The Labute approximate surface area is 197 Å². The number of hydrogen-bond donors (Lipinski definition) is 0. The fourth-order valence-corrected chi connectivity index (χ4v) is 4.19. The van der Waals surface area contributed by atoms with Gasteiger partial charge in [0.2, 0.25) is 0 Å². The quantitative estimate of drug-likeness (QED) is 0.218. The Morgan fingerprint density at radius 3 is 2.25 bits per heavy atom. The van der Waals surface area contributed by atoms with Gasteiger partial charge in [0.1, 0.15) is 12.1 Å². The number of hydrogen-bond acceptors (Lipinski definition) is 3. The molecule has 0 spiro atoms. The zero-order chi connectivity index (χ0) is 22.9. The largest absolute Gasteiger partial charge is 0.493 e. The summed E-state index contributed by atoms with van der Waals surface area (Å²) < 4.78 is 6.19. The number of para-hydroxylation sites is 1. The Bertz CT molecular complexity index is 731. The highest BCUT2D eigenvalue weighted by molar-refractivity contribution is 5.69. The molecule has 3 heteroatoms. The Morgan fingerprint density at radius 2 is 1.53 bits per heavy atom. The smallest absolute Gasteiger partial charge is 0.128 e. The normalized spacial score (nSPS) is 12.1. The molecule has 1 heterocycles. The van der Waals surface area contributed by atoms with E-state index >= 15 is 0 Å². The fourth-order valence-electron chi connectivity index (χ4n) is 4.19. The first-order valence-corrected chi connectivity index (χ1v) is 13.3. The van der Waals surface area contributed by atoms with Crippen molar-refractivity contribution in [3.05, 3.63) is 42.4 Å². The van der Waals surface area contributed by atoms with E-state index in [-0.39, 0.29) is 0 Å². The SMILES string of the molecule is CCCCCCCCCCCCc1cncnc1-c1ccccc1OCCCC(C)CC. The first kappa shape index (κ1) is 26.4. The molecule has 0 amide bonds. The van der Waals surface area contributed by atoms with E-state index in [0.717, 1.165) is 42.4 Å². The molecule has 1 atom stereocenters. The van der Waals surface area contributed by atoms with Crippen LogP contribution in [0.5, 0.6) is 5.75 Å². The minimum atomic E-state index is 0.764. The van der Waals surface area contributed by atoms with Crippen LogP contribution in [0.3, 0.4) is 0 Å². The van der Waals surface area contributed by atoms with E-state index < -0.39 is 0 Å². The van der Waals surface area contributed by atoms with Crippen molar-refractivity contribution in [2.75, 3.05) is 6.61 Å². The number of aromatic nitrogens is 2. The third-order valence-electron chi connectivity index (χ3n) is 6.53. The second kappa shape index (κ2) is 16.7. The molecule has 2 aromatic rings. The van der Waals surface area contributed by atoms with Gasteiger partial charge in [-0.15, -0.1) is 0 Å². The molecule has 0 bridgehead atoms. The summed E-state index contributed by atoms with van der Waals surface area (Å²) in [6.45, 7) is 7.62. The van der Waals surface area contributed by atoms with Crippen molar-refractivity contribution < 1.29 is 4.74 Å². The van der Waals surface area contributed by atoms with Crippen LogP contribution in [0.4, 0.5) is 0 Å². The number of benzene rings is 1. The number of nitrogens with zero attached hydrogens (tertiary/aromatic N) is 2. The van der Waals surface area contributed by atoms with E-state index in [1.165, 1.54) is 82.6 Å². The van der Waals surface area contributed by atoms with Crippen LogP contribution in [0.15, 0.2) is 36.8 Å². The lowest BCUT2D eigenvalue weighted by atomic mass is 10.0. The van der Waals surface area contributed by atoms with E-state index in [1.807, 2.05) is 6.20 Å². The second-order valence-corrected chi connectivity index (χ2v) is 9.33. The van der Waals surface area contributed by atoms with Crippen LogP contribution in [0.1, 0.15) is 110 Å². The predicted molar refractivity (Wildman–Crippen MR) is 137 cm³/mol. The first-order chi connectivity index (χ1) is 15.8. The Morgan fingerprint density at radius 1 is 0.844 bits per heavy atom. The fraction of sp³-hybridized carbons (Fsp3) is 0.655. The molecule has 2 rings (SSSR count). The van der Waals surface area contributed by atoms with Gasteiger partial charge in [0.25, 0.3) is 0 Å². The summed E-state index contributed by atoms with van der Waals surface area (Å²) in [5, 5.41) is 0. The molecular formula is C29H46N2O. The maximum atomic E-state index is 6.19. The predicted octanol–water partition coefficient (Wildman–Crippen LogP) is 8.81. The molecule has 3 nitrogen and oxygen atoms in total. The van der Waals surface area contributed by atoms with Crippen molar-refractivity contribution in [2.24, 2.45) is 5.92 Å². The Hall–Kier alpha value is -1.90. The van der Waals surface area contributed by atoms with Crippen molar-refractivity contribution in [3.63, 3.8) is 0 Å². The van der Waals surface area contributed by atoms with Crippen LogP contribution >= 0.6 is 0 Å². The van der Waals surface area contributed by atoms with Gasteiger partial charge in [-0.3, -0.25) is 0 Å². The van der Waals surface area contributed by atoms with Crippen LogP contribution in [0, 0.1) is 5.92 Å². The van der Waals surface area contributed by atoms with Gasteiger partial charge in [-0.2, -0.15) is 0 Å². The average Bonchev–Trinajstić information content (AvgIpc) is 2.83. The van der Waals surface area contributed by atoms with Crippen molar-refractivity contribution in [2.45, 2.75) is 111 Å². The second-order valence-electron chi connectivity index (χ2n) is 9.33. The molecule has 0 aliphatic rings. The Balaban J connectivity index is 1.81. The van der Waals surface area contributed by atoms with Crippen LogP contribution in [0.2, 0.25) is 0 Å². The van der Waals surface area contributed by atoms with Crippen molar-refractivity contribution >= 4 is 0 Å². The summed E-state index contributed by atoms with van der Waals surface area (Å²) >= 11 is 0. The molecular weight excluding hydrogens is 392 g/mol. The van der Waals surface area contributed by atoms with Crippen molar-refractivity contribution in [1.29, 1.82) is 0 Å². The van der Waals surface area contributed by atoms with Gasteiger partial charge in [-0.1, -0.05) is 97.1 Å². The topological polar surface area (TPSA) is 35.0 Å². The van der Waals surface area contributed by atoms with Gasteiger partial charge in [-0.25, -0.2) is 9.97 Å². The number of aryl methyl sites for hydroxylation is 1. The monoisotopic (exact) mass is 438 g/mol. The zero-order valence-electron chi connectivity index (χ0n) is 21.0. The molecule has 0 aliphatic carbocycles. The van der Waals surface area contributed by atoms with Crippen LogP contribution in [0.25, 0.3) is 11.3 Å². The summed E-state index contributed by atoms with van der Waals surface area (Å²) in [7, 11) is 0. The lowest BCUT2D eigenvalue weighted by molar-refractivity contribution is 0.295. The molecule has 0 N–H and O–H groups in total. The number of ether oxygens (including phenoxy) is 1. The zero-order valence-corrected chi connectivity index (χ0v) is 21.0. The van der Waals surface area contributed by atoms with Crippen LogP contribution in [-0.2, 0) is 6.42 Å². The molecule has 0 aliphatic heterocycles. The van der Waals surface area contributed by atoms with Crippen LogP contribution in [-0.4, -0.2) is 16.6 Å². The third-order valence-corrected chi connectivity index (χ3v) is 6.53. The average molecular weight is 439 g/mol. The number of rotatable bonds is 18. The van der Waals surface area contributed by atoms with Gasteiger partial charge >= 0.3 is 0 Å². The highest BCUT2D eigenvalue weighted by Gasteiger charge is 2.12. The van der Waals surface area contributed by atoms with Gasteiger partial charge in [0.15, 0.2) is 0 Å². The lowest BCUT2D eigenvalue weighted by Crippen LogP contribution is -2.03. The molecule has 1 aromatic carbocycles. The maximum Gasteiger partial charge on any atom is 0.128 e. The Kier molecular flexibility index (Phi) is 13.7. The van der Waals surface area contributed by atoms with Gasteiger partial charge in [0, 0.05) is 11.8 Å². The summed E-state index contributed by atoms with van der Waals surface area (Å²) in [4.78, 5) is 8.97. The highest BCUT2D eigenvalue weighted by Crippen LogP contribution is 2.31. The van der Waals surface area contributed by atoms with Gasteiger partial charge in [0.05, 0.1) is 12.3 Å².